The molecule has 1 heterocycles. The highest BCUT2D eigenvalue weighted by molar-refractivity contribution is 8.27. The maximum absolute atomic E-state index is 14.1. The number of alkyl carbamates (subject to hydrolysis) is 1. The van der Waals surface area contributed by atoms with Crippen LogP contribution in [0, 0.1) is 17.8 Å². The topological polar surface area (TPSA) is 124 Å². The van der Waals surface area contributed by atoms with E-state index in [1.165, 1.54) is 11.8 Å². The number of nitrogens with one attached hydrogen (secondary N) is 3. The lowest BCUT2D eigenvalue weighted by molar-refractivity contribution is -0.131. The van der Waals surface area contributed by atoms with Crippen LogP contribution in [0.5, 0.6) is 0 Å². The minimum atomic E-state index is -0.877. The van der Waals surface area contributed by atoms with E-state index in [9.17, 15) is 14.4 Å². The SMILES string of the molecule is CC[C@H](C)[C@H](N=C1SC([C@@H](NC(=O)OCc2ccccc2)C(C)C)=NC1(C)C)C(=O)N[C@H](C(=O)NC(C)(C)C(=S)N(C)c1ccccc1)C(C)C. The number of thioether (sulfide) groups is 1. The monoisotopic (exact) mass is 736 g/mol. The van der Waals surface area contributed by atoms with Crippen LogP contribution in [0.2, 0.25) is 0 Å². The van der Waals surface area contributed by atoms with Crippen LogP contribution in [0.3, 0.4) is 0 Å². The predicted octanol–water partition coefficient (Wildman–Crippen LogP) is 7.17. The third-order valence-corrected chi connectivity index (χ3v) is 11.0. The number of amides is 3. The molecule has 3 rings (SSSR count). The number of anilines is 1. The first-order valence-corrected chi connectivity index (χ1v) is 18.9. The molecule has 0 saturated carbocycles. The fraction of sp³-hybridized carbons (Fsp3) is 0.538. The molecule has 0 saturated heterocycles. The summed E-state index contributed by atoms with van der Waals surface area (Å²) in [6.45, 7) is 19.6. The number of nitrogens with zero attached hydrogens (tertiary/aromatic N) is 3. The Balaban J connectivity index is 1.77. The molecule has 2 aromatic rings. The Labute approximate surface area is 314 Å². The van der Waals surface area contributed by atoms with Crippen molar-refractivity contribution in [2.75, 3.05) is 11.9 Å². The Morgan fingerprint density at radius 1 is 0.941 bits per heavy atom. The Morgan fingerprint density at radius 3 is 2.08 bits per heavy atom. The molecule has 10 nitrogen and oxygen atoms in total. The van der Waals surface area contributed by atoms with Crippen molar-refractivity contribution >= 4 is 62.7 Å². The van der Waals surface area contributed by atoms with Crippen molar-refractivity contribution in [3.05, 3.63) is 66.2 Å². The number of para-hydroxylation sites is 1. The van der Waals surface area contributed by atoms with Gasteiger partial charge in [-0.3, -0.25) is 19.6 Å². The molecule has 51 heavy (non-hydrogen) atoms. The molecular formula is C39H56N6O4S2. The summed E-state index contributed by atoms with van der Waals surface area (Å²) in [6, 6.07) is 17.2. The van der Waals surface area contributed by atoms with Gasteiger partial charge in [-0.2, -0.15) is 0 Å². The quantitative estimate of drug-likeness (QED) is 0.166. The largest absolute Gasteiger partial charge is 0.445 e. The zero-order chi connectivity index (χ0) is 38.1. The van der Waals surface area contributed by atoms with Crippen LogP contribution < -0.4 is 20.9 Å². The van der Waals surface area contributed by atoms with Crippen molar-refractivity contribution in [1.29, 1.82) is 0 Å². The van der Waals surface area contributed by atoms with E-state index in [1.807, 2.05) is 142 Å². The Bertz CT molecular complexity index is 1580. The van der Waals surface area contributed by atoms with E-state index in [-0.39, 0.29) is 36.2 Å². The van der Waals surface area contributed by atoms with E-state index in [0.29, 0.717) is 21.5 Å². The van der Waals surface area contributed by atoms with E-state index in [1.54, 1.807) is 0 Å². The highest BCUT2D eigenvalue weighted by atomic mass is 32.2. The van der Waals surface area contributed by atoms with Crippen LogP contribution in [0.25, 0.3) is 0 Å². The number of carbonyl (C=O) groups excluding carboxylic acids is 3. The zero-order valence-corrected chi connectivity index (χ0v) is 33.6. The van der Waals surface area contributed by atoms with E-state index < -0.39 is 35.3 Å². The van der Waals surface area contributed by atoms with Crippen LogP contribution in [-0.2, 0) is 20.9 Å². The first kappa shape index (κ1) is 41.6. The van der Waals surface area contributed by atoms with Gasteiger partial charge < -0.3 is 25.6 Å². The van der Waals surface area contributed by atoms with Crippen LogP contribution in [0.4, 0.5) is 10.5 Å². The molecule has 3 N–H and O–H groups in total. The summed E-state index contributed by atoms with van der Waals surface area (Å²) in [5, 5.41) is 10.5. The summed E-state index contributed by atoms with van der Waals surface area (Å²) >= 11 is 7.19. The fourth-order valence-corrected chi connectivity index (χ4v) is 7.04. The van der Waals surface area contributed by atoms with Crippen LogP contribution in [0.15, 0.2) is 70.6 Å². The minimum absolute atomic E-state index is 0.0132. The van der Waals surface area contributed by atoms with Crippen LogP contribution >= 0.6 is 24.0 Å². The van der Waals surface area contributed by atoms with Crippen molar-refractivity contribution in [3.8, 4) is 0 Å². The lowest BCUT2D eigenvalue weighted by Crippen LogP contribution is -2.60. The molecule has 12 heteroatoms. The maximum atomic E-state index is 14.1. The Hall–Kier alpha value is -3.77. The summed E-state index contributed by atoms with van der Waals surface area (Å²) in [5.74, 6) is -0.972. The van der Waals surface area contributed by atoms with Crippen LogP contribution in [0.1, 0.15) is 81.2 Å². The molecule has 1 aliphatic rings. The number of rotatable bonds is 15. The molecule has 0 unspecified atom stereocenters. The number of hydrogen-bond donors (Lipinski definition) is 3. The van der Waals surface area contributed by atoms with Gasteiger partial charge in [-0.1, -0.05) is 120 Å². The molecule has 4 atom stereocenters. The van der Waals surface area contributed by atoms with E-state index >= 15 is 0 Å². The summed E-state index contributed by atoms with van der Waals surface area (Å²) in [4.78, 5) is 53.1. The molecule has 0 bridgehead atoms. The standard InChI is InChI=1S/C39H56N6O4S2/c1-12-26(6)31(32(46)40-29(24(2)3)33(47)43-39(9,10)36(50)45(11)28-21-17-14-18-22-28)41-35-38(7,8)44-34(51-35)30(25(4)5)42-37(48)49-23-27-19-15-13-16-20-27/h13-22,24-26,29-31H,12,23H2,1-11H3,(H,40,46)(H,42,48)(H,43,47)/t26-,29-,30-,31-/m0/s1. The number of hydrogen-bond acceptors (Lipinski definition) is 8. The van der Waals surface area contributed by atoms with Crippen LogP contribution in [-0.4, -0.2) is 69.2 Å². The highest BCUT2D eigenvalue weighted by Gasteiger charge is 2.40. The fourth-order valence-electron chi connectivity index (χ4n) is 5.49. The average molecular weight is 737 g/mol. The second-order valence-electron chi connectivity index (χ2n) is 14.8. The van der Waals surface area contributed by atoms with Gasteiger partial charge in [-0.25, -0.2) is 4.79 Å². The molecule has 2 aromatic carbocycles. The molecule has 0 fully saturated rings. The minimum Gasteiger partial charge on any atom is -0.445 e. The van der Waals surface area contributed by atoms with Crippen molar-refractivity contribution in [1.82, 2.24) is 16.0 Å². The van der Waals surface area contributed by atoms with Gasteiger partial charge in [0, 0.05) is 12.7 Å². The van der Waals surface area contributed by atoms with Crippen molar-refractivity contribution in [2.24, 2.45) is 27.7 Å². The lowest BCUT2D eigenvalue weighted by Gasteiger charge is -2.35. The molecular weight excluding hydrogens is 681 g/mol. The first-order chi connectivity index (χ1) is 23.9. The van der Waals surface area contributed by atoms with Gasteiger partial charge in [0.1, 0.15) is 34.3 Å². The molecule has 0 radical (unpaired) electrons. The summed E-state index contributed by atoms with van der Waals surface area (Å²) < 4.78 is 5.50. The highest BCUT2D eigenvalue weighted by Crippen LogP contribution is 2.35. The van der Waals surface area contributed by atoms with Crippen molar-refractivity contribution in [3.63, 3.8) is 0 Å². The van der Waals surface area contributed by atoms with Crippen molar-refractivity contribution < 1.29 is 19.1 Å². The number of thiocarbonyl (C=S) groups is 1. The summed E-state index contributed by atoms with van der Waals surface area (Å²) in [6.07, 6.45) is 0.164. The van der Waals surface area contributed by atoms with Gasteiger partial charge in [0.15, 0.2) is 0 Å². The van der Waals surface area contributed by atoms with E-state index in [4.69, 9.17) is 26.9 Å². The number of aliphatic imine (C=N–C) groups is 2. The number of ether oxygens (including phenoxy) is 1. The smallest absolute Gasteiger partial charge is 0.408 e. The van der Waals surface area contributed by atoms with Gasteiger partial charge >= 0.3 is 6.09 Å². The van der Waals surface area contributed by atoms with E-state index in [2.05, 4.69) is 16.0 Å². The van der Waals surface area contributed by atoms with Gasteiger partial charge in [-0.15, -0.1) is 0 Å². The predicted molar refractivity (Wildman–Crippen MR) is 215 cm³/mol. The molecule has 0 aliphatic carbocycles. The number of likely N-dealkylation sites (N-methyl/N-ethyl adjacent to an activating group) is 1. The van der Waals surface area contributed by atoms with Crippen molar-refractivity contribution in [2.45, 2.75) is 111 Å². The summed E-state index contributed by atoms with van der Waals surface area (Å²) in [5.41, 5.74) is 0.200. The zero-order valence-electron chi connectivity index (χ0n) is 31.9. The second-order valence-corrected chi connectivity index (χ2v) is 16.2. The van der Waals surface area contributed by atoms with Gasteiger partial charge in [0.25, 0.3) is 0 Å². The van der Waals surface area contributed by atoms with Gasteiger partial charge in [0.2, 0.25) is 11.8 Å². The second kappa shape index (κ2) is 18.1. The third kappa shape index (κ3) is 11.4. The van der Waals surface area contributed by atoms with E-state index in [0.717, 1.165) is 11.3 Å². The third-order valence-electron chi connectivity index (χ3n) is 8.91. The lowest BCUT2D eigenvalue weighted by atomic mass is 9.95. The molecule has 0 spiro atoms. The molecule has 3 amide bonds. The molecule has 0 aromatic heterocycles. The normalized spacial score (nSPS) is 17.3. The first-order valence-electron chi connectivity index (χ1n) is 17.7. The van der Waals surface area contributed by atoms with Gasteiger partial charge in [-0.05, 0) is 63.1 Å². The number of carbonyl (C=O) groups is 3. The number of benzene rings is 2. The van der Waals surface area contributed by atoms with Gasteiger partial charge in [0.05, 0.1) is 16.6 Å². The maximum Gasteiger partial charge on any atom is 0.408 e. The molecule has 1 aliphatic heterocycles. The summed E-state index contributed by atoms with van der Waals surface area (Å²) in [7, 11) is 1.87. The average Bonchev–Trinajstić information content (AvgIpc) is 3.39. The molecule has 278 valence electrons. The Kier molecular flexibility index (Phi) is 14.8. The Morgan fingerprint density at radius 2 is 1.53 bits per heavy atom.